The minimum Gasteiger partial charge on any atom is -0.364 e. The molecule has 0 saturated carbocycles. The van der Waals surface area contributed by atoms with E-state index in [0.717, 1.165) is 31.7 Å². The maximum Gasteiger partial charge on any atom is 0.269 e. The number of benzene rings is 2. The second-order valence-corrected chi connectivity index (χ2v) is 10.5. The van der Waals surface area contributed by atoms with Crippen molar-refractivity contribution in [1.82, 2.24) is 19.6 Å². The van der Waals surface area contributed by atoms with Crippen LogP contribution < -0.4 is 5.73 Å². The van der Waals surface area contributed by atoms with Gasteiger partial charge in [-0.05, 0) is 60.7 Å². The van der Waals surface area contributed by atoms with Crippen LogP contribution >= 0.6 is 31.9 Å². The van der Waals surface area contributed by atoms with Gasteiger partial charge in [0.1, 0.15) is 6.07 Å². The molecule has 0 aliphatic heterocycles. The third kappa shape index (κ3) is 5.30. The van der Waals surface area contributed by atoms with Crippen LogP contribution in [0, 0.1) is 11.3 Å². The molecule has 0 saturated heterocycles. The largest absolute Gasteiger partial charge is 0.364 e. The second-order valence-electron chi connectivity index (χ2n) is 8.64. The van der Waals surface area contributed by atoms with Crippen molar-refractivity contribution in [3.05, 3.63) is 104 Å². The molecule has 2 aliphatic rings. The van der Waals surface area contributed by atoms with Gasteiger partial charge in [0.25, 0.3) is 5.91 Å². The average molecular weight is 646 g/mol. The van der Waals surface area contributed by atoms with Crippen molar-refractivity contribution in [3.63, 3.8) is 0 Å². The zero-order valence-corrected chi connectivity index (χ0v) is 23.3. The number of fused-ring (bicyclic) bond motifs is 2. The molecule has 2 aromatic heterocycles. The van der Waals surface area contributed by atoms with Crippen molar-refractivity contribution in [3.8, 4) is 17.4 Å². The molecule has 2 heterocycles. The average Bonchev–Trinajstić information content (AvgIpc) is 3.47. The predicted octanol–water partition coefficient (Wildman–Crippen LogP) is 4.52. The highest BCUT2D eigenvalue weighted by Crippen LogP contribution is 2.27. The third-order valence-corrected chi connectivity index (χ3v) is 7.03. The molecule has 11 heteroatoms. The molecular formula is C28H18Br2N6O3. The lowest BCUT2D eigenvalue weighted by Crippen LogP contribution is -2.16. The molecule has 192 valence electrons. The van der Waals surface area contributed by atoms with Crippen molar-refractivity contribution in [2.45, 2.75) is 12.8 Å². The summed E-state index contributed by atoms with van der Waals surface area (Å²) in [5.41, 5.74) is 10.3. The van der Waals surface area contributed by atoms with Gasteiger partial charge < -0.3 is 5.73 Å². The number of primary amides is 1. The van der Waals surface area contributed by atoms with Gasteiger partial charge in [0.2, 0.25) is 0 Å². The van der Waals surface area contributed by atoms with Gasteiger partial charge in [-0.1, -0.05) is 44.0 Å². The fourth-order valence-electron chi connectivity index (χ4n) is 4.32. The van der Waals surface area contributed by atoms with Crippen molar-refractivity contribution in [1.29, 1.82) is 5.26 Å². The number of ketones is 2. The van der Waals surface area contributed by atoms with Crippen LogP contribution in [-0.2, 0) is 22.4 Å². The Morgan fingerprint density at radius 1 is 0.821 bits per heavy atom. The van der Waals surface area contributed by atoms with Crippen LogP contribution in [0.3, 0.4) is 0 Å². The monoisotopic (exact) mass is 644 g/mol. The van der Waals surface area contributed by atoms with Gasteiger partial charge in [-0.2, -0.15) is 15.5 Å². The number of amides is 1. The summed E-state index contributed by atoms with van der Waals surface area (Å²) in [6.07, 6.45) is 6.79. The van der Waals surface area contributed by atoms with E-state index in [4.69, 9.17) is 11.0 Å². The number of nitrogens with two attached hydrogens (primary N) is 1. The Hall–Kier alpha value is -4.40. The van der Waals surface area contributed by atoms with Crippen molar-refractivity contribution >= 4 is 61.5 Å². The van der Waals surface area contributed by atoms with Gasteiger partial charge in [-0.3, -0.25) is 14.4 Å². The lowest BCUT2D eigenvalue weighted by Gasteiger charge is -2.08. The molecular weight excluding hydrogens is 628 g/mol. The number of hydrogen-bond donors (Lipinski definition) is 1. The lowest BCUT2D eigenvalue weighted by molar-refractivity contribution is -0.114. The fourth-order valence-corrected chi connectivity index (χ4v) is 5.10. The Balaban J connectivity index is 0.000000158. The van der Waals surface area contributed by atoms with E-state index in [9.17, 15) is 14.4 Å². The van der Waals surface area contributed by atoms with Gasteiger partial charge in [0.15, 0.2) is 23.0 Å². The van der Waals surface area contributed by atoms with Crippen LogP contribution in [0.1, 0.15) is 38.7 Å². The first kappa shape index (κ1) is 26.2. The molecule has 0 spiro atoms. The maximum absolute atomic E-state index is 11.5. The Kier molecular flexibility index (Phi) is 7.24. The minimum absolute atomic E-state index is 0.00204. The molecule has 39 heavy (non-hydrogen) atoms. The highest BCUT2D eigenvalue weighted by molar-refractivity contribution is 9.10. The standard InChI is InChI=1S/C14H10BrN3O2.C14H8BrN3O/c15-8-2-1-3-9(6-8)18-12-5-4-10(19)7-11(12)13(17-18)14(16)20;15-9-2-1-3-10(6-9)18-14-5-4-11(19)7-12(14)13(8-16)17-18/h1-6H,7H2,(H2,16,20);1-6H,7H2. The fraction of sp³-hybridized carbons (Fsp3) is 0.0714. The number of aromatic nitrogens is 4. The molecule has 2 aliphatic carbocycles. The topological polar surface area (TPSA) is 137 Å². The molecule has 0 bridgehead atoms. The van der Waals surface area contributed by atoms with Crippen LogP contribution in [0.5, 0.6) is 0 Å². The highest BCUT2D eigenvalue weighted by Gasteiger charge is 2.25. The molecule has 6 rings (SSSR count). The zero-order chi connectivity index (χ0) is 27.7. The second kappa shape index (κ2) is 10.8. The number of rotatable bonds is 3. The summed E-state index contributed by atoms with van der Waals surface area (Å²) in [4.78, 5) is 34.5. The van der Waals surface area contributed by atoms with Gasteiger partial charge in [-0.25, -0.2) is 9.36 Å². The number of allylic oxidation sites excluding steroid dienone is 2. The highest BCUT2D eigenvalue weighted by atomic mass is 79.9. The smallest absolute Gasteiger partial charge is 0.269 e. The molecule has 0 radical (unpaired) electrons. The summed E-state index contributed by atoms with van der Waals surface area (Å²) >= 11 is 6.81. The van der Waals surface area contributed by atoms with E-state index < -0.39 is 5.91 Å². The first-order valence-electron chi connectivity index (χ1n) is 11.6. The molecule has 1 amide bonds. The molecule has 9 nitrogen and oxygen atoms in total. The Morgan fingerprint density at radius 3 is 1.85 bits per heavy atom. The van der Waals surface area contributed by atoms with Gasteiger partial charge in [0, 0.05) is 32.9 Å². The van der Waals surface area contributed by atoms with Crippen molar-refractivity contribution in [2.75, 3.05) is 0 Å². The van der Waals surface area contributed by atoms with Crippen LogP contribution in [-0.4, -0.2) is 37.0 Å². The van der Waals surface area contributed by atoms with E-state index in [1.165, 1.54) is 12.2 Å². The maximum atomic E-state index is 11.5. The normalized spacial score (nSPS) is 13.3. The molecule has 2 N–H and O–H groups in total. The summed E-state index contributed by atoms with van der Waals surface area (Å²) in [6.45, 7) is 0. The van der Waals surface area contributed by atoms with E-state index in [1.807, 2.05) is 48.5 Å². The summed E-state index contributed by atoms with van der Waals surface area (Å²) in [6, 6.07) is 17.2. The van der Waals surface area contributed by atoms with Crippen molar-refractivity contribution in [2.24, 2.45) is 5.73 Å². The first-order valence-corrected chi connectivity index (χ1v) is 13.2. The summed E-state index contributed by atoms with van der Waals surface area (Å²) in [7, 11) is 0. The quantitative estimate of drug-likeness (QED) is 0.348. The van der Waals surface area contributed by atoms with Gasteiger partial charge in [-0.15, -0.1) is 0 Å². The first-order chi connectivity index (χ1) is 18.7. The molecule has 4 aromatic rings. The van der Waals surface area contributed by atoms with Crippen LogP contribution in [0.25, 0.3) is 23.5 Å². The molecule has 0 atom stereocenters. The summed E-state index contributed by atoms with van der Waals surface area (Å²) in [5.74, 6) is -0.690. The minimum atomic E-state index is -0.627. The van der Waals surface area contributed by atoms with E-state index in [-0.39, 0.29) is 30.1 Å². The SMILES string of the molecule is N#Cc1nn(-c2cccc(Br)c2)c2c1CC(=O)C=C2.NC(=O)c1nn(-c2cccc(Br)c2)c2c1CC(=O)C=C2. The van der Waals surface area contributed by atoms with Gasteiger partial charge in [0.05, 0.1) is 22.8 Å². The number of halogens is 2. The van der Waals surface area contributed by atoms with E-state index in [1.54, 1.807) is 21.5 Å². The summed E-state index contributed by atoms with van der Waals surface area (Å²) in [5, 5.41) is 17.7. The molecule has 0 unspecified atom stereocenters. The van der Waals surface area contributed by atoms with Crippen LogP contribution in [0.4, 0.5) is 0 Å². The predicted molar refractivity (Wildman–Crippen MR) is 151 cm³/mol. The molecule has 2 aromatic carbocycles. The summed E-state index contributed by atoms with van der Waals surface area (Å²) < 4.78 is 5.16. The third-order valence-electron chi connectivity index (χ3n) is 6.05. The van der Waals surface area contributed by atoms with Gasteiger partial charge >= 0.3 is 0 Å². The number of carbonyl (C=O) groups excluding carboxylic acids is 3. The lowest BCUT2D eigenvalue weighted by atomic mass is 10.0. The van der Waals surface area contributed by atoms with E-state index in [2.05, 4.69) is 48.1 Å². The molecule has 0 fully saturated rings. The zero-order valence-electron chi connectivity index (χ0n) is 20.1. The van der Waals surface area contributed by atoms with E-state index >= 15 is 0 Å². The Bertz CT molecular complexity index is 1770. The van der Waals surface area contributed by atoms with Crippen LogP contribution in [0.2, 0.25) is 0 Å². The Morgan fingerprint density at radius 2 is 1.33 bits per heavy atom. The Labute approximate surface area is 239 Å². The van der Waals surface area contributed by atoms with Crippen LogP contribution in [0.15, 0.2) is 69.6 Å². The number of carbonyl (C=O) groups is 3. The van der Waals surface area contributed by atoms with Crippen molar-refractivity contribution < 1.29 is 14.4 Å². The number of nitrogens with zero attached hydrogens (tertiary/aromatic N) is 5. The number of nitriles is 1. The number of hydrogen-bond acceptors (Lipinski definition) is 6. The van der Waals surface area contributed by atoms with E-state index in [0.29, 0.717) is 16.8 Å².